The minimum Gasteiger partial charge on any atom is -0.484 e. The molecular weight excluding hydrogens is 1480 g/mol. The van der Waals surface area contributed by atoms with Gasteiger partial charge in [0.1, 0.15) is 29.6 Å². The third-order valence-electron chi connectivity index (χ3n) is 20.7. The Kier molecular flexibility index (Phi) is 18.8. The summed E-state index contributed by atoms with van der Waals surface area (Å²) in [5.74, 6) is -15.1. The molecule has 0 bridgehead atoms. The van der Waals surface area contributed by atoms with E-state index in [0.29, 0.717) is 64.7 Å². The summed E-state index contributed by atoms with van der Waals surface area (Å²) in [6.45, 7) is 9.90. The zero-order valence-corrected chi connectivity index (χ0v) is 60.3. The number of alkyl halides is 11. The topological polar surface area (TPSA) is 317 Å². The van der Waals surface area contributed by atoms with Gasteiger partial charge in [-0.1, -0.05) is 15.5 Å². The Balaban J connectivity index is 0.000000148. The lowest BCUT2D eigenvalue weighted by Gasteiger charge is -2.34. The van der Waals surface area contributed by atoms with Crippen LogP contribution in [-0.4, -0.2) is 208 Å². The minimum absolute atomic E-state index is 0.0297. The highest BCUT2D eigenvalue weighted by Gasteiger charge is 2.68. The molecule has 7 heterocycles. The van der Waals surface area contributed by atoms with Gasteiger partial charge in [-0.05, 0) is 119 Å². The third-order valence-corrected chi connectivity index (χ3v) is 24.0. The number of sulfone groups is 3. The van der Waals surface area contributed by atoms with E-state index in [1.54, 1.807) is 4.90 Å². The molecule has 6 aromatic rings. The standard InChI is InChI=1S/C23H27F2N3O6S.C22H23F4N3O5S.C21H22F5N3O5S/c1-13(22(3,24)25)33-17-6-5-15(35(4,30)31)7-16(17)18(29)28-9-14-8-23(14,10-28)19-26-20(34-27-19)21(2)11-32-12-21;1-11(20(2,23)24)33-16-5-4-13(35(3,31)32)6-14(16)18(30)29-9-12-7-21(12,10-29)19-27-17(34-28-19)15-8-22(15,25)26;1-11(19(2,22)23)33-15-5-4-13(35(3,31)32)6-14(15)17(30)29-9-12-7-20(12,10-29)18-27-16(34-28-18)8-21(24,25)26/h5-7,13-14H,8-12H2,1-4H3;4-6,11-12,15H,7-10H2,1-3H3;4-6,11-12H,7-10H2,1-3H3. The monoisotopic (exact) mass is 1550 g/mol. The number of amides is 3. The number of fused-ring (bicyclic) bond motifs is 3. The number of halogens is 11. The van der Waals surface area contributed by atoms with E-state index in [4.69, 9.17) is 32.5 Å². The Morgan fingerprint density at radius 3 is 1.17 bits per heavy atom. The van der Waals surface area contributed by atoms with Crippen LogP contribution in [0.3, 0.4) is 0 Å². The normalized spacial score (nSPS) is 25.7. The molecule has 8 fully saturated rings. The lowest BCUT2D eigenvalue weighted by molar-refractivity contribution is -0.131. The number of aromatic nitrogens is 6. The van der Waals surface area contributed by atoms with Gasteiger partial charge in [-0.15, -0.1) is 0 Å². The molecule has 4 aliphatic carbocycles. The van der Waals surface area contributed by atoms with Crippen molar-refractivity contribution in [2.45, 2.75) is 171 Å². The van der Waals surface area contributed by atoms with Crippen LogP contribution in [0.4, 0.5) is 48.3 Å². The second-order valence-corrected chi connectivity index (χ2v) is 35.5. The molecule has 4 saturated heterocycles. The fraction of sp³-hybridized carbons (Fsp3) is 0.591. The number of rotatable bonds is 21. The molecule has 10 unspecified atom stereocenters. The van der Waals surface area contributed by atoms with Crippen molar-refractivity contribution in [2.24, 2.45) is 17.8 Å². The van der Waals surface area contributed by atoms with Gasteiger partial charge >= 0.3 is 6.18 Å². The first-order chi connectivity index (χ1) is 48.3. The zero-order chi connectivity index (χ0) is 76.9. The van der Waals surface area contributed by atoms with Gasteiger partial charge in [0, 0.05) is 85.2 Å². The van der Waals surface area contributed by atoms with E-state index in [1.165, 1.54) is 47.1 Å². The molecule has 14 rings (SSSR count). The van der Waals surface area contributed by atoms with E-state index in [2.05, 4.69) is 30.4 Å². The summed E-state index contributed by atoms with van der Waals surface area (Å²) in [5, 5.41) is 11.8. The molecule has 105 heavy (non-hydrogen) atoms. The highest BCUT2D eigenvalue weighted by molar-refractivity contribution is 7.91. The van der Waals surface area contributed by atoms with E-state index < -0.39 is 130 Å². The summed E-state index contributed by atoms with van der Waals surface area (Å²) in [6.07, 6.45) is -6.04. The van der Waals surface area contributed by atoms with E-state index >= 15 is 0 Å². The number of carbonyl (C=O) groups is 3. The van der Waals surface area contributed by atoms with Crippen LogP contribution in [0.2, 0.25) is 0 Å². The first-order valence-electron chi connectivity index (χ1n) is 32.9. The number of nitrogens with zero attached hydrogens (tertiary/aromatic N) is 9. The Morgan fingerprint density at radius 2 is 0.857 bits per heavy atom. The van der Waals surface area contributed by atoms with Gasteiger partial charge in [0.2, 0.25) is 17.7 Å². The number of hydrogen-bond acceptors (Lipinski definition) is 22. The Labute approximate surface area is 593 Å². The number of benzene rings is 3. The van der Waals surface area contributed by atoms with Crippen molar-refractivity contribution in [1.29, 1.82) is 0 Å². The van der Waals surface area contributed by atoms with Crippen LogP contribution in [0, 0.1) is 17.8 Å². The number of hydrogen-bond donors (Lipinski definition) is 0. The maximum atomic E-state index is 13.8. The van der Waals surface area contributed by atoms with E-state index in [9.17, 15) is 87.9 Å². The van der Waals surface area contributed by atoms with Crippen LogP contribution in [0.25, 0.3) is 0 Å². The fourth-order valence-corrected chi connectivity index (χ4v) is 15.3. The molecule has 10 atom stereocenters. The van der Waals surface area contributed by atoms with Gasteiger partial charge < -0.3 is 47.2 Å². The quantitative estimate of drug-likeness (QED) is 0.0605. The van der Waals surface area contributed by atoms with E-state index in [-0.39, 0.29) is 122 Å². The summed E-state index contributed by atoms with van der Waals surface area (Å²) in [4.78, 5) is 56.9. The first kappa shape index (κ1) is 76.6. The first-order valence-corrected chi connectivity index (χ1v) is 38.6. The number of ether oxygens (including phenoxy) is 4. The number of likely N-dealkylation sites (tertiary alicyclic amines) is 3. The predicted octanol–water partition coefficient (Wildman–Crippen LogP) is 9.44. The van der Waals surface area contributed by atoms with Crippen LogP contribution in [0.15, 0.2) is 82.9 Å². The highest BCUT2D eigenvalue weighted by atomic mass is 32.2. The molecular formula is C66H72F11N9O16S3. The SMILES string of the molecule is CC(Oc1ccc(S(C)(=O)=O)cc1C(=O)N1CC2CC2(c2noc(C3(C)COC3)n2)C1)C(C)(F)F.CC(Oc1ccc(S(C)(=O)=O)cc1C(=O)N1CC2CC2(c2noc(C3CC3(F)F)n2)C1)C(C)(F)F.CC(Oc1ccc(S(C)(=O)=O)cc1C(=O)N1CC2CC2(c2noc(CC(F)(F)F)n2)C1)C(C)(F)F. The van der Waals surface area contributed by atoms with Gasteiger partial charge in [0.15, 0.2) is 65.3 Å². The summed E-state index contributed by atoms with van der Waals surface area (Å²) in [5.41, 5.74) is -2.61. The molecule has 0 spiro atoms. The molecule has 0 radical (unpaired) electrons. The van der Waals surface area contributed by atoms with E-state index in [1.807, 2.05) is 6.92 Å². The van der Waals surface area contributed by atoms with E-state index in [0.717, 1.165) is 70.2 Å². The molecule has 3 aromatic carbocycles. The van der Waals surface area contributed by atoms with Crippen molar-refractivity contribution in [1.82, 2.24) is 45.1 Å². The minimum atomic E-state index is -4.52. The van der Waals surface area contributed by atoms with Gasteiger partial charge in [-0.2, -0.15) is 28.1 Å². The zero-order valence-electron chi connectivity index (χ0n) is 57.9. The molecule has 572 valence electrons. The van der Waals surface area contributed by atoms with Gasteiger partial charge in [0.25, 0.3) is 41.4 Å². The molecule has 3 aromatic heterocycles. The van der Waals surface area contributed by atoms with Crippen LogP contribution >= 0.6 is 0 Å². The molecule has 8 aliphatic rings. The average molecular weight is 1550 g/mol. The lowest BCUT2D eigenvalue weighted by atomic mass is 9.88. The van der Waals surface area contributed by atoms with Gasteiger partial charge in [-0.3, -0.25) is 14.4 Å². The van der Waals surface area contributed by atoms with Crippen molar-refractivity contribution in [2.75, 3.05) is 71.2 Å². The fourth-order valence-electron chi connectivity index (χ4n) is 13.3. The molecule has 4 saturated carbocycles. The highest BCUT2D eigenvalue weighted by Crippen LogP contribution is 2.62. The van der Waals surface area contributed by atoms with Gasteiger partial charge in [-0.25, -0.2) is 60.4 Å². The van der Waals surface area contributed by atoms with Crippen molar-refractivity contribution in [3.63, 3.8) is 0 Å². The maximum absolute atomic E-state index is 13.8. The summed E-state index contributed by atoms with van der Waals surface area (Å²) >= 11 is 0. The average Bonchev–Trinajstić information content (AvgIpc) is 1.55. The molecule has 39 heteroatoms. The van der Waals surface area contributed by atoms with Crippen molar-refractivity contribution >= 4 is 47.2 Å². The van der Waals surface area contributed by atoms with Crippen LogP contribution in [-0.2, 0) is 62.3 Å². The van der Waals surface area contributed by atoms with Gasteiger partial charge in [0.05, 0.1) is 66.3 Å². The number of carbonyl (C=O) groups excluding carboxylic acids is 3. The second kappa shape index (κ2) is 25.8. The summed E-state index contributed by atoms with van der Waals surface area (Å²) in [6, 6.07) is 10.6. The maximum Gasteiger partial charge on any atom is 0.397 e. The van der Waals surface area contributed by atoms with Crippen molar-refractivity contribution in [3.05, 3.63) is 106 Å². The Morgan fingerprint density at radius 1 is 0.524 bits per heavy atom. The summed E-state index contributed by atoms with van der Waals surface area (Å²) < 4.78 is 256. The third kappa shape index (κ3) is 15.5. The smallest absolute Gasteiger partial charge is 0.397 e. The lowest BCUT2D eigenvalue weighted by Crippen LogP contribution is -2.44. The second-order valence-electron chi connectivity index (χ2n) is 29.4. The Bertz CT molecular complexity index is 4790. The molecule has 3 amide bonds. The molecule has 25 nitrogen and oxygen atoms in total. The summed E-state index contributed by atoms with van der Waals surface area (Å²) in [7, 11) is -11.1. The Hall–Kier alpha value is -8.07. The van der Waals surface area contributed by atoms with Crippen LogP contribution in [0.1, 0.15) is 146 Å². The predicted molar refractivity (Wildman–Crippen MR) is 341 cm³/mol. The molecule has 4 aliphatic heterocycles. The molecule has 0 N–H and O–H groups in total. The van der Waals surface area contributed by atoms with Crippen molar-refractivity contribution in [3.8, 4) is 17.2 Å². The van der Waals surface area contributed by atoms with Crippen LogP contribution < -0.4 is 14.2 Å². The number of piperidine rings is 3. The largest absolute Gasteiger partial charge is 0.484 e. The van der Waals surface area contributed by atoms with Crippen molar-refractivity contribution < 1.29 is 120 Å². The van der Waals surface area contributed by atoms with Crippen LogP contribution in [0.5, 0.6) is 17.2 Å².